The highest BCUT2D eigenvalue weighted by molar-refractivity contribution is 7.98. The van der Waals surface area contributed by atoms with Crippen LogP contribution in [0.5, 0.6) is 0 Å². The summed E-state index contributed by atoms with van der Waals surface area (Å²) in [5, 5.41) is 1.45. The third-order valence-corrected chi connectivity index (χ3v) is 3.98. The molecule has 18 heavy (non-hydrogen) atoms. The maximum atomic E-state index is 11.6. The molecule has 0 unspecified atom stereocenters. The highest BCUT2D eigenvalue weighted by atomic mass is 35.5. The van der Waals surface area contributed by atoms with Crippen LogP contribution in [0.2, 0.25) is 5.02 Å². The molecule has 2 aromatic rings. The van der Waals surface area contributed by atoms with Gasteiger partial charge in [0, 0.05) is 29.6 Å². The Morgan fingerprint density at radius 3 is 2.83 bits per heavy atom. The van der Waals surface area contributed by atoms with Crippen molar-refractivity contribution in [1.82, 2.24) is 9.55 Å². The van der Waals surface area contributed by atoms with E-state index in [1.165, 1.54) is 17.8 Å². The van der Waals surface area contributed by atoms with Crippen LogP contribution < -0.4 is 5.56 Å². The van der Waals surface area contributed by atoms with Gasteiger partial charge in [0.15, 0.2) is 5.16 Å². The lowest BCUT2D eigenvalue weighted by Crippen LogP contribution is -2.19. The molecule has 1 heterocycles. The minimum absolute atomic E-state index is 0.0378. The summed E-state index contributed by atoms with van der Waals surface area (Å²) in [6.45, 7) is 1.82. The van der Waals surface area contributed by atoms with Gasteiger partial charge in [-0.3, -0.25) is 9.36 Å². The molecule has 0 saturated carbocycles. The lowest BCUT2D eigenvalue weighted by molar-refractivity contribution is 0.698. The van der Waals surface area contributed by atoms with Gasteiger partial charge in [0.2, 0.25) is 0 Å². The van der Waals surface area contributed by atoms with Crippen LogP contribution >= 0.6 is 23.4 Å². The predicted molar refractivity (Wildman–Crippen MR) is 75.2 cm³/mol. The molecular weight excluding hydrogens is 268 g/mol. The molecule has 0 aliphatic heterocycles. The van der Waals surface area contributed by atoms with Gasteiger partial charge in [0.25, 0.3) is 5.56 Å². The number of thioether (sulfide) groups is 1. The van der Waals surface area contributed by atoms with E-state index in [0.717, 1.165) is 16.3 Å². The molecule has 0 spiro atoms. The van der Waals surface area contributed by atoms with Crippen molar-refractivity contribution in [1.29, 1.82) is 0 Å². The largest absolute Gasteiger partial charge is 0.291 e. The monoisotopic (exact) mass is 280 g/mol. The Hall–Kier alpha value is -1.26. The van der Waals surface area contributed by atoms with Crippen LogP contribution in [-0.4, -0.2) is 9.55 Å². The lowest BCUT2D eigenvalue weighted by atomic mass is 10.2. The summed E-state index contributed by atoms with van der Waals surface area (Å²) in [6.07, 6.45) is 0. The van der Waals surface area contributed by atoms with Gasteiger partial charge in [-0.05, 0) is 18.6 Å². The number of hydrogen-bond donors (Lipinski definition) is 0. The first kappa shape index (κ1) is 13.2. The summed E-state index contributed by atoms with van der Waals surface area (Å²) in [5.74, 6) is 0.698. The molecule has 0 aliphatic rings. The van der Waals surface area contributed by atoms with E-state index in [1.807, 2.05) is 31.2 Å². The minimum atomic E-state index is -0.0378. The molecule has 0 bridgehead atoms. The molecule has 1 aromatic heterocycles. The van der Waals surface area contributed by atoms with Crippen molar-refractivity contribution in [2.45, 2.75) is 17.8 Å². The normalized spacial score (nSPS) is 10.6. The molecule has 94 valence electrons. The molecule has 0 N–H and O–H groups in total. The van der Waals surface area contributed by atoms with Gasteiger partial charge < -0.3 is 0 Å². The highest BCUT2D eigenvalue weighted by Gasteiger charge is 2.06. The van der Waals surface area contributed by atoms with Crippen molar-refractivity contribution >= 4 is 23.4 Å². The van der Waals surface area contributed by atoms with Gasteiger partial charge in [-0.2, -0.15) is 0 Å². The van der Waals surface area contributed by atoms with Gasteiger partial charge >= 0.3 is 0 Å². The first-order chi connectivity index (χ1) is 8.58. The van der Waals surface area contributed by atoms with E-state index in [4.69, 9.17) is 11.6 Å². The summed E-state index contributed by atoms with van der Waals surface area (Å²) >= 11 is 7.60. The van der Waals surface area contributed by atoms with Crippen molar-refractivity contribution in [3.63, 3.8) is 0 Å². The van der Waals surface area contributed by atoms with Crippen molar-refractivity contribution in [2.75, 3.05) is 0 Å². The van der Waals surface area contributed by atoms with Crippen LogP contribution in [0.3, 0.4) is 0 Å². The van der Waals surface area contributed by atoms with E-state index in [-0.39, 0.29) is 5.56 Å². The second-order valence-corrected chi connectivity index (χ2v) is 5.31. The third kappa shape index (κ3) is 2.94. The van der Waals surface area contributed by atoms with Gasteiger partial charge in [-0.1, -0.05) is 41.6 Å². The van der Waals surface area contributed by atoms with Crippen LogP contribution in [0.1, 0.15) is 11.3 Å². The Kier molecular flexibility index (Phi) is 4.09. The fourth-order valence-electron chi connectivity index (χ4n) is 1.51. The van der Waals surface area contributed by atoms with Crippen LogP contribution in [-0.2, 0) is 12.8 Å². The van der Waals surface area contributed by atoms with E-state index in [0.29, 0.717) is 10.9 Å². The Labute approximate surface area is 115 Å². The topological polar surface area (TPSA) is 34.9 Å². The SMILES string of the molecule is Cc1cc(=O)n(C)c(SCc2ccccc2Cl)n1. The van der Waals surface area contributed by atoms with Crippen molar-refractivity contribution in [2.24, 2.45) is 7.05 Å². The van der Waals surface area contributed by atoms with E-state index < -0.39 is 0 Å². The maximum Gasteiger partial charge on any atom is 0.254 e. The summed E-state index contributed by atoms with van der Waals surface area (Å²) in [4.78, 5) is 16.0. The first-order valence-electron chi connectivity index (χ1n) is 5.49. The van der Waals surface area contributed by atoms with Crippen molar-refractivity contribution in [3.8, 4) is 0 Å². The molecule has 3 nitrogen and oxygen atoms in total. The molecule has 0 radical (unpaired) electrons. The molecule has 2 rings (SSSR count). The van der Waals surface area contributed by atoms with Gasteiger partial charge in [-0.15, -0.1) is 0 Å². The van der Waals surface area contributed by atoms with Crippen LogP contribution in [0, 0.1) is 6.92 Å². The molecule has 0 amide bonds. The Bertz CT molecular complexity index is 625. The maximum absolute atomic E-state index is 11.6. The number of aryl methyl sites for hydroxylation is 1. The quantitative estimate of drug-likeness (QED) is 0.640. The second-order valence-electron chi connectivity index (χ2n) is 3.96. The van der Waals surface area contributed by atoms with E-state index in [1.54, 1.807) is 11.6 Å². The Morgan fingerprint density at radius 1 is 1.39 bits per heavy atom. The Morgan fingerprint density at radius 2 is 2.11 bits per heavy atom. The van der Waals surface area contributed by atoms with Crippen LogP contribution in [0.15, 0.2) is 40.3 Å². The number of rotatable bonds is 3. The number of aromatic nitrogens is 2. The molecule has 0 fully saturated rings. The Balaban J connectivity index is 2.21. The lowest BCUT2D eigenvalue weighted by Gasteiger charge is -2.08. The zero-order valence-electron chi connectivity index (χ0n) is 10.2. The van der Waals surface area contributed by atoms with E-state index in [2.05, 4.69) is 4.98 Å². The summed E-state index contributed by atoms with van der Waals surface area (Å²) in [7, 11) is 1.73. The number of benzene rings is 1. The number of halogens is 1. The van der Waals surface area contributed by atoms with Crippen LogP contribution in [0.25, 0.3) is 0 Å². The van der Waals surface area contributed by atoms with Crippen molar-refractivity contribution in [3.05, 3.63) is 57.0 Å². The standard InChI is InChI=1S/C13H13ClN2OS/c1-9-7-12(17)16(2)13(15-9)18-8-10-5-3-4-6-11(10)14/h3-7H,8H2,1-2H3. The molecule has 1 aromatic carbocycles. The fraction of sp³-hybridized carbons (Fsp3) is 0.231. The molecule has 0 atom stereocenters. The zero-order valence-corrected chi connectivity index (χ0v) is 11.8. The smallest absolute Gasteiger partial charge is 0.254 e. The molecular formula is C13H13ClN2OS. The van der Waals surface area contributed by atoms with Gasteiger partial charge in [-0.25, -0.2) is 4.98 Å². The average molecular weight is 281 g/mol. The van der Waals surface area contributed by atoms with E-state index >= 15 is 0 Å². The third-order valence-electron chi connectivity index (χ3n) is 2.54. The van der Waals surface area contributed by atoms with E-state index in [9.17, 15) is 4.79 Å². The van der Waals surface area contributed by atoms with Gasteiger partial charge in [0.05, 0.1) is 0 Å². The fourth-order valence-corrected chi connectivity index (χ4v) is 2.83. The predicted octanol–water partition coefficient (Wildman–Crippen LogP) is 3.03. The summed E-state index contributed by atoms with van der Waals surface area (Å²) in [6, 6.07) is 9.21. The average Bonchev–Trinajstić information content (AvgIpc) is 2.33. The molecule has 0 aliphatic carbocycles. The number of nitrogens with zero attached hydrogens (tertiary/aromatic N) is 2. The summed E-state index contributed by atoms with van der Waals surface area (Å²) < 4.78 is 1.55. The van der Waals surface area contributed by atoms with Crippen LogP contribution in [0.4, 0.5) is 0 Å². The number of hydrogen-bond acceptors (Lipinski definition) is 3. The minimum Gasteiger partial charge on any atom is -0.291 e. The highest BCUT2D eigenvalue weighted by Crippen LogP contribution is 2.24. The van der Waals surface area contributed by atoms with Crippen molar-refractivity contribution < 1.29 is 0 Å². The summed E-state index contributed by atoms with van der Waals surface area (Å²) in [5.41, 5.74) is 1.74. The first-order valence-corrected chi connectivity index (χ1v) is 6.85. The zero-order chi connectivity index (χ0) is 13.1. The second kappa shape index (κ2) is 5.59. The molecule has 0 saturated heterocycles. The van der Waals surface area contributed by atoms with Gasteiger partial charge in [0.1, 0.15) is 0 Å². The molecule has 5 heteroatoms.